The number of nitrogens with two attached hydrogens (primary N) is 3. The van der Waals surface area contributed by atoms with Crippen molar-refractivity contribution in [2.24, 2.45) is 16.5 Å². The van der Waals surface area contributed by atoms with Gasteiger partial charge in [0.15, 0.2) is 11.1 Å². The van der Waals surface area contributed by atoms with Gasteiger partial charge in [-0.25, -0.2) is 9.97 Å². The minimum Gasteiger partial charge on any atom is -0.375 e. The number of nitrogens with zero attached hydrogens (tertiary/aromatic N) is 3. The van der Waals surface area contributed by atoms with Gasteiger partial charge in [-0.05, 0) is 12.8 Å². The van der Waals surface area contributed by atoms with E-state index in [1.54, 1.807) is 0 Å². The Labute approximate surface area is 105 Å². The minimum atomic E-state index is 0.0223. The highest BCUT2D eigenvalue weighted by atomic mass is 32.1. The molecule has 0 saturated heterocycles. The Morgan fingerprint density at radius 3 is 2.41 bits per heavy atom. The molecule has 1 aliphatic carbocycles. The van der Waals surface area contributed by atoms with E-state index in [-0.39, 0.29) is 5.96 Å². The molecule has 0 fully saturated rings. The van der Waals surface area contributed by atoms with Gasteiger partial charge in [-0.3, -0.25) is 0 Å². The molecule has 17 heavy (non-hydrogen) atoms. The molecule has 6 N–H and O–H groups in total. The summed E-state index contributed by atoms with van der Waals surface area (Å²) in [7, 11) is 0. The zero-order valence-corrected chi connectivity index (χ0v) is 10.4. The van der Waals surface area contributed by atoms with Gasteiger partial charge in [-0.1, -0.05) is 11.3 Å². The molecule has 1 aliphatic rings. The molecular weight excluding hydrogens is 256 g/mol. The smallest absolute Gasteiger partial charge is 0.213 e. The number of fused-ring (bicyclic) bond motifs is 3. The number of aliphatic imine (C=N–C) groups is 1. The van der Waals surface area contributed by atoms with Gasteiger partial charge in [0.05, 0.1) is 0 Å². The van der Waals surface area contributed by atoms with Gasteiger partial charge in [-0.15, -0.1) is 11.3 Å². The molecule has 0 bridgehead atoms. The maximum atomic E-state index is 5.72. The van der Waals surface area contributed by atoms with Crippen molar-refractivity contribution >= 4 is 38.9 Å². The molecule has 2 aromatic heterocycles. The molecule has 0 aromatic carbocycles. The predicted octanol–water partition coefficient (Wildman–Crippen LogP) is 0.852. The van der Waals surface area contributed by atoms with Crippen LogP contribution in [-0.2, 0) is 12.8 Å². The van der Waals surface area contributed by atoms with Crippen LogP contribution in [-0.4, -0.2) is 15.9 Å². The topological polar surface area (TPSA) is 116 Å². The third-order valence-electron chi connectivity index (χ3n) is 2.43. The summed E-state index contributed by atoms with van der Waals surface area (Å²) >= 11 is 3.02. The quantitative estimate of drug-likeness (QED) is 0.522. The average molecular weight is 266 g/mol. The summed E-state index contributed by atoms with van der Waals surface area (Å²) < 4.78 is 0. The summed E-state index contributed by atoms with van der Waals surface area (Å²) in [5.74, 6) is 0.0223. The van der Waals surface area contributed by atoms with Crippen molar-refractivity contribution in [1.82, 2.24) is 9.97 Å². The summed E-state index contributed by atoms with van der Waals surface area (Å²) in [6.07, 6.45) is 1.91. The molecule has 6 nitrogen and oxygen atoms in total. The molecule has 2 aromatic rings. The van der Waals surface area contributed by atoms with Gasteiger partial charge in [0.25, 0.3) is 0 Å². The number of aromatic nitrogens is 2. The van der Waals surface area contributed by atoms with Crippen LogP contribution in [0.1, 0.15) is 9.75 Å². The Bertz CT molecular complexity index is 607. The van der Waals surface area contributed by atoms with Crippen LogP contribution in [0.15, 0.2) is 4.99 Å². The van der Waals surface area contributed by atoms with Gasteiger partial charge >= 0.3 is 0 Å². The van der Waals surface area contributed by atoms with Gasteiger partial charge in [0.2, 0.25) is 5.13 Å². The molecule has 0 spiro atoms. The number of thiazole rings is 2. The van der Waals surface area contributed by atoms with Crippen molar-refractivity contribution in [3.05, 3.63) is 9.75 Å². The van der Waals surface area contributed by atoms with Crippen molar-refractivity contribution in [1.29, 1.82) is 0 Å². The second kappa shape index (κ2) is 3.67. The fraction of sp³-hybridized carbons (Fsp3) is 0.222. The van der Waals surface area contributed by atoms with Crippen molar-refractivity contribution in [3.8, 4) is 11.4 Å². The number of hydrogen-bond donors (Lipinski definition) is 3. The standard InChI is InChI=1S/C9H10N6S2/c10-7(11)15-9-14-6-4(17-9)2-1-3-5(6)13-8(12)16-3/h1-2H2,(H2,12,13)(H4,10,11,14,15). The Morgan fingerprint density at radius 1 is 1.06 bits per heavy atom. The number of anilines is 1. The molecule has 0 atom stereocenters. The molecule has 3 rings (SSSR count). The summed E-state index contributed by atoms with van der Waals surface area (Å²) in [4.78, 5) is 15.0. The molecule has 0 saturated carbocycles. The van der Waals surface area contributed by atoms with Crippen molar-refractivity contribution < 1.29 is 0 Å². The average Bonchev–Trinajstić information content (AvgIpc) is 2.77. The molecule has 0 unspecified atom stereocenters. The van der Waals surface area contributed by atoms with Gasteiger partial charge in [0.1, 0.15) is 11.4 Å². The molecule has 0 amide bonds. The molecule has 8 heteroatoms. The molecule has 0 radical (unpaired) electrons. The summed E-state index contributed by atoms with van der Waals surface area (Å²) in [5.41, 5.74) is 18.2. The van der Waals surface area contributed by atoms with Crippen LogP contribution in [0.4, 0.5) is 10.3 Å². The fourth-order valence-corrected chi connectivity index (χ4v) is 3.59. The second-order valence-electron chi connectivity index (χ2n) is 3.63. The van der Waals surface area contributed by atoms with E-state index in [1.165, 1.54) is 32.4 Å². The van der Waals surface area contributed by atoms with E-state index in [1.807, 2.05) is 0 Å². The molecular formula is C9H10N6S2. The number of aryl methyl sites for hydroxylation is 2. The number of rotatable bonds is 1. The van der Waals surface area contributed by atoms with Crippen LogP contribution in [0.2, 0.25) is 0 Å². The van der Waals surface area contributed by atoms with Crippen molar-refractivity contribution in [2.45, 2.75) is 12.8 Å². The van der Waals surface area contributed by atoms with Crippen molar-refractivity contribution in [3.63, 3.8) is 0 Å². The van der Waals surface area contributed by atoms with E-state index in [0.717, 1.165) is 24.2 Å². The van der Waals surface area contributed by atoms with E-state index in [2.05, 4.69) is 15.0 Å². The summed E-state index contributed by atoms with van der Waals surface area (Å²) in [5, 5.41) is 1.16. The number of nitrogen functional groups attached to an aromatic ring is 1. The minimum absolute atomic E-state index is 0.0223. The Hall–Kier alpha value is -1.67. The largest absolute Gasteiger partial charge is 0.375 e. The third-order valence-corrected chi connectivity index (χ3v) is 4.38. The summed E-state index contributed by atoms with van der Waals surface area (Å²) in [6, 6.07) is 0. The van der Waals surface area contributed by atoms with Crippen LogP contribution in [0, 0.1) is 0 Å². The lowest BCUT2D eigenvalue weighted by atomic mass is 10.1. The highest BCUT2D eigenvalue weighted by molar-refractivity contribution is 7.17. The van der Waals surface area contributed by atoms with Crippen LogP contribution >= 0.6 is 22.7 Å². The van der Waals surface area contributed by atoms with Crippen LogP contribution in [0.5, 0.6) is 0 Å². The normalized spacial score (nSPS) is 12.9. The number of guanidine groups is 1. The van der Waals surface area contributed by atoms with Crippen LogP contribution in [0.3, 0.4) is 0 Å². The maximum Gasteiger partial charge on any atom is 0.213 e. The van der Waals surface area contributed by atoms with E-state index >= 15 is 0 Å². The summed E-state index contributed by atoms with van der Waals surface area (Å²) in [6.45, 7) is 0. The van der Waals surface area contributed by atoms with Crippen molar-refractivity contribution in [2.75, 3.05) is 5.73 Å². The Balaban J connectivity index is 2.12. The Kier molecular flexibility index (Phi) is 2.26. The van der Waals surface area contributed by atoms with E-state index in [9.17, 15) is 0 Å². The zero-order valence-electron chi connectivity index (χ0n) is 8.80. The first-order valence-corrected chi connectivity index (χ1v) is 6.61. The zero-order chi connectivity index (χ0) is 12.0. The molecule has 2 heterocycles. The third kappa shape index (κ3) is 1.75. The van der Waals surface area contributed by atoms with E-state index in [0.29, 0.717) is 10.3 Å². The first-order chi connectivity index (χ1) is 8.13. The van der Waals surface area contributed by atoms with Gasteiger partial charge in [0, 0.05) is 9.75 Å². The lowest BCUT2D eigenvalue weighted by Crippen LogP contribution is -2.21. The predicted molar refractivity (Wildman–Crippen MR) is 70.5 cm³/mol. The van der Waals surface area contributed by atoms with Crippen LogP contribution < -0.4 is 17.2 Å². The molecule has 0 aliphatic heterocycles. The van der Waals surface area contributed by atoms with Gasteiger partial charge in [-0.2, -0.15) is 4.99 Å². The van der Waals surface area contributed by atoms with Crippen LogP contribution in [0.25, 0.3) is 11.4 Å². The van der Waals surface area contributed by atoms with E-state index in [4.69, 9.17) is 17.2 Å². The number of hydrogen-bond acceptors (Lipinski definition) is 6. The Morgan fingerprint density at radius 2 is 1.71 bits per heavy atom. The first kappa shape index (κ1) is 10.5. The van der Waals surface area contributed by atoms with E-state index < -0.39 is 0 Å². The highest BCUT2D eigenvalue weighted by Crippen LogP contribution is 2.41. The lowest BCUT2D eigenvalue weighted by Gasteiger charge is -2.07. The highest BCUT2D eigenvalue weighted by Gasteiger charge is 2.24. The fourth-order valence-electron chi connectivity index (χ4n) is 1.80. The maximum absolute atomic E-state index is 5.72. The lowest BCUT2D eigenvalue weighted by molar-refractivity contribution is 0.969. The SMILES string of the molecule is NC(N)=Nc1nc2c(s1)CCc1sc(N)nc1-2. The first-order valence-electron chi connectivity index (χ1n) is 4.98. The monoisotopic (exact) mass is 266 g/mol. The van der Waals surface area contributed by atoms with Gasteiger partial charge < -0.3 is 17.2 Å². The molecule has 88 valence electrons. The second-order valence-corrected chi connectivity index (χ2v) is 5.81.